The number of carbonyl (C=O) groups is 1. The van der Waals surface area contributed by atoms with Gasteiger partial charge < -0.3 is 19.1 Å². The number of hydrogen-bond acceptors (Lipinski definition) is 5. The second-order valence-corrected chi connectivity index (χ2v) is 3.98. The van der Waals surface area contributed by atoms with Crippen LogP contribution >= 0.6 is 0 Å². The lowest BCUT2D eigenvalue weighted by Gasteiger charge is -2.36. The van der Waals surface area contributed by atoms with Crippen LogP contribution in [0.15, 0.2) is 12.3 Å². The molecule has 0 aromatic carbocycles. The van der Waals surface area contributed by atoms with Gasteiger partial charge in [-0.05, 0) is 0 Å². The molecular formula is C11H17NO4. The van der Waals surface area contributed by atoms with E-state index in [0.717, 1.165) is 25.9 Å². The first-order chi connectivity index (χ1) is 7.74. The summed E-state index contributed by atoms with van der Waals surface area (Å²) in [6.45, 7) is 3.07. The zero-order valence-corrected chi connectivity index (χ0v) is 9.48. The molecule has 0 N–H and O–H groups in total. The van der Waals surface area contributed by atoms with E-state index in [0.29, 0.717) is 13.2 Å². The number of ether oxygens (including phenoxy) is 3. The predicted octanol–water partition coefficient (Wildman–Crippen LogP) is 0.512. The second-order valence-electron chi connectivity index (χ2n) is 3.98. The Kier molecular flexibility index (Phi) is 3.46. The minimum absolute atomic E-state index is 0.325. The summed E-state index contributed by atoms with van der Waals surface area (Å²) in [6.07, 6.45) is 4.90. The highest BCUT2D eigenvalue weighted by Crippen LogP contribution is 2.31. The number of piperidine rings is 1. The smallest absolute Gasteiger partial charge is 0.331 e. The van der Waals surface area contributed by atoms with Gasteiger partial charge >= 0.3 is 5.97 Å². The SMILES string of the molecule is COC(=O)/C=C/N1CCC2(CC1)OCCO2. The summed E-state index contributed by atoms with van der Waals surface area (Å²) in [5, 5.41) is 0. The fourth-order valence-electron chi connectivity index (χ4n) is 2.03. The second kappa shape index (κ2) is 4.84. The fourth-order valence-corrected chi connectivity index (χ4v) is 2.03. The van der Waals surface area contributed by atoms with Crippen LogP contribution in [0.1, 0.15) is 12.8 Å². The van der Waals surface area contributed by atoms with Crippen LogP contribution in [0.4, 0.5) is 0 Å². The van der Waals surface area contributed by atoms with Crippen molar-refractivity contribution < 1.29 is 19.0 Å². The van der Waals surface area contributed by atoms with E-state index >= 15 is 0 Å². The van der Waals surface area contributed by atoms with Gasteiger partial charge in [0, 0.05) is 38.2 Å². The first-order valence-corrected chi connectivity index (χ1v) is 5.52. The standard InChI is InChI=1S/C11H17NO4/c1-14-10(13)2-5-12-6-3-11(4-7-12)15-8-9-16-11/h2,5H,3-4,6-9H2,1H3/b5-2+. The molecule has 0 aliphatic carbocycles. The van der Waals surface area contributed by atoms with E-state index in [-0.39, 0.29) is 11.8 Å². The van der Waals surface area contributed by atoms with Gasteiger partial charge in [0.15, 0.2) is 5.79 Å². The van der Waals surface area contributed by atoms with Gasteiger partial charge in [-0.3, -0.25) is 0 Å². The Morgan fingerprint density at radius 3 is 2.50 bits per heavy atom. The molecule has 2 aliphatic heterocycles. The Balaban J connectivity index is 1.81. The minimum atomic E-state index is -0.352. The molecule has 2 fully saturated rings. The third-order valence-corrected chi connectivity index (χ3v) is 3.00. The van der Waals surface area contributed by atoms with Gasteiger partial charge in [-0.2, -0.15) is 0 Å². The van der Waals surface area contributed by atoms with E-state index in [1.54, 1.807) is 6.20 Å². The van der Waals surface area contributed by atoms with Gasteiger partial charge in [0.2, 0.25) is 0 Å². The molecule has 0 aromatic rings. The molecule has 0 atom stereocenters. The number of nitrogens with zero attached hydrogens (tertiary/aromatic N) is 1. The third kappa shape index (κ3) is 2.54. The van der Waals surface area contributed by atoms with Crippen LogP contribution in [0.2, 0.25) is 0 Å². The molecule has 0 unspecified atom stereocenters. The molecular weight excluding hydrogens is 210 g/mol. The summed E-state index contributed by atoms with van der Waals surface area (Å²) in [5.41, 5.74) is 0. The molecule has 16 heavy (non-hydrogen) atoms. The first kappa shape index (κ1) is 11.4. The van der Waals surface area contributed by atoms with Crippen molar-refractivity contribution in [2.45, 2.75) is 18.6 Å². The Labute approximate surface area is 94.9 Å². The largest absolute Gasteiger partial charge is 0.466 e. The normalized spacial score (nSPS) is 24.2. The minimum Gasteiger partial charge on any atom is -0.466 e. The van der Waals surface area contributed by atoms with E-state index in [9.17, 15) is 4.79 Å². The van der Waals surface area contributed by atoms with Crippen molar-refractivity contribution in [3.05, 3.63) is 12.3 Å². The summed E-state index contributed by atoms with van der Waals surface area (Å²) in [7, 11) is 1.37. The van der Waals surface area contributed by atoms with Gasteiger partial charge in [0.25, 0.3) is 0 Å². The van der Waals surface area contributed by atoms with Crippen LogP contribution in [0.25, 0.3) is 0 Å². The molecule has 0 bridgehead atoms. The van der Waals surface area contributed by atoms with E-state index < -0.39 is 0 Å². The Morgan fingerprint density at radius 1 is 1.31 bits per heavy atom. The molecule has 5 heteroatoms. The van der Waals surface area contributed by atoms with Crippen LogP contribution in [-0.4, -0.2) is 50.1 Å². The summed E-state index contributed by atoms with van der Waals surface area (Å²) in [5.74, 6) is -0.677. The molecule has 0 radical (unpaired) electrons. The maximum atomic E-state index is 10.9. The molecule has 2 rings (SSSR count). The molecule has 90 valence electrons. The predicted molar refractivity (Wildman–Crippen MR) is 56.6 cm³/mol. The van der Waals surface area contributed by atoms with Gasteiger partial charge in [0.1, 0.15) is 0 Å². The van der Waals surface area contributed by atoms with Crippen LogP contribution in [0, 0.1) is 0 Å². The van der Waals surface area contributed by atoms with E-state index in [1.165, 1.54) is 13.2 Å². The number of likely N-dealkylation sites (tertiary alicyclic amines) is 1. The van der Waals surface area contributed by atoms with Crippen molar-refractivity contribution in [3.63, 3.8) is 0 Å². The molecule has 0 saturated carbocycles. The molecule has 2 aliphatic rings. The van der Waals surface area contributed by atoms with Crippen molar-refractivity contribution in [1.29, 1.82) is 0 Å². The fraction of sp³-hybridized carbons (Fsp3) is 0.727. The van der Waals surface area contributed by atoms with Crippen molar-refractivity contribution >= 4 is 5.97 Å². The summed E-state index contributed by atoms with van der Waals surface area (Å²) >= 11 is 0. The highest BCUT2D eigenvalue weighted by Gasteiger charge is 2.39. The summed E-state index contributed by atoms with van der Waals surface area (Å²) < 4.78 is 15.8. The summed E-state index contributed by atoms with van der Waals surface area (Å²) in [4.78, 5) is 13.0. The lowest BCUT2D eigenvalue weighted by Crippen LogP contribution is -2.43. The van der Waals surface area contributed by atoms with Crippen molar-refractivity contribution in [2.24, 2.45) is 0 Å². The molecule has 1 spiro atoms. The van der Waals surface area contributed by atoms with Crippen LogP contribution in [0.5, 0.6) is 0 Å². The van der Waals surface area contributed by atoms with Crippen molar-refractivity contribution in [2.75, 3.05) is 33.4 Å². The van der Waals surface area contributed by atoms with Gasteiger partial charge in [-0.1, -0.05) is 0 Å². The maximum Gasteiger partial charge on any atom is 0.331 e. The van der Waals surface area contributed by atoms with Gasteiger partial charge in [0.05, 0.1) is 20.3 Å². The van der Waals surface area contributed by atoms with Gasteiger partial charge in [-0.25, -0.2) is 4.79 Å². The van der Waals surface area contributed by atoms with Gasteiger partial charge in [-0.15, -0.1) is 0 Å². The first-order valence-electron chi connectivity index (χ1n) is 5.52. The van der Waals surface area contributed by atoms with Crippen molar-refractivity contribution in [1.82, 2.24) is 4.90 Å². The Bertz CT molecular complexity index is 274. The molecule has 0 amide bonds. The topological polar surface area (TPSA) is 48.0 Å². The number of methoxy groups -OCH3 is 1. The Morgan fingerprint density at radius 2 is 1.94 bits per heavy atom. The number of rotatable bonds is 2. The molecule has 5 nitrogen and oxygen atoms in total. The zero-order valence-electron chi connectivity index (χ0n) is 9.48. The average Bonchev–Trinajstić information content (AvgIpc) is 2.77. The monoisotopic (exact) mass is 227 g/mol. The van der Waals surface area contributed by atoms with Crippen molar-refractivity contribution in [3.8, 4) is 0 Å². The third-order valence-electron chi connectivity index (χ3n) is 3.00. The maximum absolute atomic E-state index is 10.9. The molecule has 0 aromatic heterocycles. The lowest BCUT2D eigenvalue weighted by molar-refractivity contribution is -0.181. The lowest BCUT2D eigenvalue weighted by atomic mass is 10.0. The van der Waals surface area contributed by atoms with E-state index in [1.807, 2.05) is 0 Å². The highest BCUT2D eigenvalue weighted by molar-refractivity contribution is 5.81. The average molecular weight is 227 g/mol. The summed E-state index contributed by atoms with van der Waals surface area (Å²) in [6, 6.07) is 0. The molecule has 2 heterocycles. The van der Waals surface area contributed by atoms with E-state index in [2.05, 4.69) is 9.64 Å². The zero-order chi connectivity index (χ0) is 11.4. The van der Waals surface area contributed by atoms with Crippen LogP contribution in [-0.2, 0) is 19.0 Å². The Hall–Kier alpha value is -1.07. The molecule has 2 saturated heterocycles. The number of esters is 1. The number of hydrogen-bond donors (Lipinski definition) is 0. The van der Waals surface area contributed by atoms with Crippen LogP contribution < -0.4 is 0 Å². The quantitative estimate of drug-likeness (QED) is 0.508. The highest BCUT2D eigenvalue weighted by atomic mass is 16.7. The van der Waals surface area contributed by atoms with Crippen LogP contribution in [0.3, 0.4) is 0 Å². The van der Waals surface area contributed by atoms with E-state index in [4.69, 9.17) is 9.47 Å². The number of carbonyl (C=O) groups excluding carboxylic acids is 1.